The summed E-state index contributed by atoms with van der Waals surface area (Å²) < 4.78 is 4.95. The van der Waals surface area contributed by atoms with Crippen LogP contribution < -0.4 is 10.6 Å². The molecule has 0 atom stereocenters. The van der Waals surface area contributed by atoms with E-state index in [9.17, 15) is 0 Å². The SMILES string of the molecule is CCCc1cc(CNCCNCCOC)[nH]n1. The Kier molecular flexibility index (Phi) is 7.62. The quantitative estimate of drug-likeness (QED) is 0.527. The fourth-order valence-electron chi connectivity index (χ4n) is 1.58. The monoisotopic (exact) mass is 240 g/mol. The molecule has 98 valence electrons. The van der Waals surface area contributed by atoms with Crippen molar-refractivity contribution in [1.82, 2.24) is 20.8 Å². The number of hydrogen-bond acceptors (Lipinski definition) is 4. The third-order valence-electron chi connectivity index (χ3n) is 2.47. The number of aryl methyl sites for hydroxylation is 1. The molecule has 3 N–H and O–H groups in total. The normalized spacial score (nSPS) is 10.9. The summed E-state index contributed by atoms with van der Waals surface area (Å²) in [5.41, 5.74) is 2.31. The molecule has 0 aromatic carbocycles. The number of rotatable bonds is 10. The van der Waals surface area contributed by atoms with E-state index in [1.165, 1.54) is 0 Å². The molecule has 1 aromatic heterocycles. The fourth-order valence-corrected chi connectivity index (χ4v) is 1.58. The van der Waals surface area contributed by atoms with E-state index in [0.29, 0.717) is 0 Å². The molecule has 0 bridgehead atoms. The molecule has 0 fully saturated rings. The van der Waals surface area contributed by atoms with Crippen molar-refractivity contribution in [2.75, 3.05) is 33.4 Å². The Balaban J connectivity index is 2.01. The van der Waals surface area contributed by atoms with Crippen LogP contribution in [0.4, 0.5) is 0 Å². The third-order valence-corrected chi connectivity index (χ3v) is 2.47. The molecule has 1 aromatic rings. The molecule has 0 radical (unpaired) electrons. The smallest absolute Gasteiger partial charge is 0.0625 e. The van der Waals surface area contributed by atoms with Crippen molar-refractivity contribution in [1.29, 1.82) is 0 Å². The molecule has 0 aliphatic heterocycles. The van der Waals surface area contributed by atoms with Crippen LogP contribution in [0.25, 0.3) is 0 Å². The number of hydrogen-bond donors (Lipinski definition) is 3. The van der Waals surface area contributed by atoms with Gasteiger partial charge in [-0.15, -0.1) is 0 Å². The molecular formula is C12H24N4O. The number of nitrogens with one attached hydrogen (secondary N) is 3. The van der Waals surface area contributed by atoms with Gasteiger partial charge in [-0.05, 0) is 12.5 Å². The number of methoxy groups -OCH3 is 1. The molecular weight excluding hydrogens is 216 g/mol. The zero-order valence-corrected chi connectivity index (χ0v) is 10.9. The van der Waals surface area contributed by atoms with Gasteiger partial charge in [0.15, 0.2) is 0 Å². The molecule has 5 nitrogen and oxygen atoms in total. The van der Waals surface area contributed by atoms with Crippen molar-refractivity contribution in [2.24, 2.45) is 0 Å². The minimum absolute atomic E-state index is 0.765. The molecule has 0 amide bonds. The summed E-state index contributed by atoms with van der Waals surface area (Å²) in [5.74, 6) is 0. The van der Waals surface area contributed by atoms with Crippen molar-refractivity contribution in [3.63, 3.8) is 0 Å². The van der Waals surface area contributed by atoms with Crippen LogP contribution in [-0.2, 0) is 17.7 Å². The molecule has 0 aliphatic carbocycles. The van der Waals surface area contributed by atoms with E-state index in [2.05, 4.69) is 33.8 Å². The maximum Gasteiger partial charge on any atom is 0.0625 e. The first-order chi connectivity index (χ1) is 8.36. The van der Waals surface area contributed by atoms with Crippen molar-refractivity contribution in [3.8, 4) is 0 Å². The predicted molar refractivity (Wildman–Crippen MR) is 69.0 cm³/mol. The zero-order chi connectivity index (χ0) is 12.3. The zero-order valence-electron chi connectivity index (χ0n) is 10.9. The lowest BCUT2D eigenvalue weighted by atomic mass is 10.2. The van der Waals surface area contributed by atoms with Crippen molar-refractivity contribution in [2.45, 2.75) is 26.3 Å². The van der Waals surface area contributed by atoms with E-state index in [0.717, 1.165) is 57.0 Å². The second-order valence-electron chi connectivity index (χ2n) is 4.05. The van der Waals surface area contributed by atoms with Gasteiger partial charge in [-0.2, -0.15) is 5.10 Å². The predicted octanol–water partition coefficient (Wildman–Crippen LogP) is 0.688. The van der Waals surface area contributed by atoms with Crippen molar-refractivity contribution >= 4 is 0 Å². The molecule has 1 heterocycles. The molecule has 0 unspecified atom stereocenters. The van der Waals surface area contributed by atoms with Crippen LogP contribution in [0.1, 0.15) is 24.7 Å². The maximum absolute atomic E-state index is 4.95. The van der Waals surface area contributed by atoms with Gasteiger partial charge in [-0.3, -0.25) is 5.10 Å². The number of nitrogens with zero attached hydrogens (tertiary/aromatic N) is 1. The van der Waals surface area contributed by atoms with Crippen LogP contribution in [0, 0.1) is 0 Å². The molecule has 1 rings (SSSR count). The fraction of sp³-hybridized carbons (Fsp3) is 0.750. The third kappa shape index (κ3) is 6.41. The summed E-state index contributed by atoms with van der Waals surface area (Å²) >= 11 is 0. The molecule has 17 heavy (non-hydrogen) atoms. The summed E-state index contributed by atoms with van der Waals surface area (Å²) in [7, 11) is 1.71. The number of ether oxygens (including phenoxy) is 1. The number of H-pyrrole nitrogens is 1. The van der Waals surface area contributed by atoms with Crippen LogP contribution in [0.3, 0.4) is 0 Å². The summed E-state index contributed by atoms with van der Waals surface area (Å²) in [5, 5.41) is 13.9. The van der Waals surface area contributed by atoms with Gasteiger partial charge in [0.25, 0.3) is 0 Å². The first kappa shape index (κ1) is 14.2. The van der Waals surface area contributed by atoms with E-state index in [4.69, 9.17) is 4.74 Å². The minimum atomic E-state index is 0.765. The summed E-state index contributed by atoms with van der Waals surface area (Å²) in [4.78, 5) is 0. The molecule has 5 heteroatoms. The Morgan fingerprint density at radius 3 is 2.88 bits per heavy atom. The van der Waals surface area contributed by atoms with Crippen LogP contribution >= 0.6 is 0 Å². The molecule has 0 saturated carbocycles. The first-order valence-corrected chi connectivity index (χ1v) is 6.30. The summed E-state index contributed by atoms with van der Waals surface area (Å²) in [6.45, 7) is 6.59. The van der Waals surface area contributed by atoms with Gasteiger partial charge in [-0.1, -0.05) is 13.3 Å². The molecule has 0 aliphatic rings. The lowest BCUT2D eigenvalue weighted by molar-refractivity contribution is 0.199. The Morgan fingerprint density at radius 1 is 1.29 bits per heavy atom. The second-order valence-corrected chi connectivity index (χ2v) is 4.05. The Bertz CT molecular complexity index is 288. The average Bonchev–Trinajstić information content (AvgIpc) is 2.76. The topological polar surface area (TPSA) is 62.0 Å². The van der Waals surface area contributed by atoms with Crippen LogP contribution in [0.15, 0.2) is 6.07 Å². The highest BCUT2D eigenvalue weighted by molar-refractivity contribution is 5.08. The van der Waals surface area contributed by atoms with Crippen molar-refractivity contribution < 1.29 is 4.74 Å². The Morgan fingerprint density at radius 2 is 2.12 bits per heavy atom. The second kappa shape index (κ2) is 9.15. The van der Waals surface area contributed by atoms with Gasteiger partial charge in [0.05, 0.1) is 12.3 Å². The van der Waals surface area contributed by atoms with E-state index in [-0.39, 0.29) is 0 Å². The van der Waals surface area contributed by atoms with Gasteiger partial charge in [0, 0.05) is 39.0 Å². The summed E-state index contributed by atoms with van der Waals surface area (Å²) in [6.07, 6.45) is 2.19. The Labute approximate surface area is 103 Å². The highest BCUT2D eigenvalue weighted by Crippen LogP contribution is 2.01. The molecule has 0 spiro atoms. The first-order valence-electron chi connectivity index (χ1n) is 6.30. The number of aromatic nitrogens is 2. The average molecular weight is 240 g/mol. The highest BCUT2D eigenvalue weighted by atomic mass is 16.5. The summed E-state index contributed by atoms with van der Waals surface area (Å²) in [6, 6.07) is 2.13. The molecule has 0 saturated heterocycles. The minimum Gasteiger partial charge on any atom is -0.383 e. The highest BCUT2D eigenvalue weighted by Gasteiger charge is 1.99. The van der Waals surface area contributed by atoms with E-state index in [1.54, 1.807) is 7.11 Å². The van der Waals surface area contributed by atoms with E-state index in [1.807, 2.05) is 0 Å². The van der Waals surface area contributed by atoms with Gasteiger partial charge in [0.1, 0.15) is 0 Å². The lowest BCUT2D eigenvalue weighted by Crippen LogP contribution is -2.29. The van der Waals surface area contributed by atoms with Crippen LogP contribution in [0.5, 0.6) is 0 Å². The van der Waals surface area contributed by atoms with Gasteiger partial charge in [0.2, 0.25) is 0 Å². The van der Waals surface area contributed by atoms with Crippen LogP contribution in [0.2, 0.25) is 0 Å². The number of aromatic amines is 1. The largest absolute Gasteiger partial charge is 0.383 e. The Hall–Kier alpha value is -0.910. The van der Waals surface area contributed by atoms with Gasteiger partial charge < -0.3 is 15.4 Å². The standard InChI is InChI=1S/C12H24N4O/c1-3-4-11-9-12(16-15-11)10-14-6-5-13-7-8-17-2/h9,13-14H,3-8,10H2,1-2H3,(H,15,16). The van der Waals surface area contributed by atoms with Crippen molar-refractivity contribution in [3.05, 3.63) is 17.5 Å². The van der Waals surface area contributed by atoms with Gasteiger partial charge in [-0.25, -0.2) is 0 Å². The van der Waals surface area contributed by atoms with E-state index < -0.39 is 0 Å². The van der Waals surface area contributed by atoms with Crippen LogP contribution in [-0.4, -0.2) is 43.5 Å². The van der Waals surface area contributed by atoms with E-state index >= 15 is 0 Å². The van der Waals surface area contributed by atoms with Gasteiger partial charge >= 0.3 is 0 Å². The lowest BCUT2D eigenvalue weighted by Gasteiger charge is -2.04. The maximum atomic E-state index is 4.95.